The van der Waals surface area contributed by atoms with Crippen LogP contribution in [0.2, 0.25) is 0 Å². The zero-order valence-corrected chi connectivity index (χ0v) is 15.9. The van der Waals surface area contributed by atoms with Gasteiger partial charge in [-0.25, -0.2) is 4.98 Å². The van der Waals surface area contributed by atoms with Gasteiger partial charge in [0.05, 0.1) is 12.8 Å². The molecule has 0 radical (unpaired) electrons. The number of aromatic nitrogens is 2. The van der Waals surface area contributed by atoms with Crippen LogP contribution >= 0.6 is 11.3 Å². The standard InChI is InChI=1S/C22H17N3O2S/c1-27-19-9-3-6-16(12-19)21(26)24-18-8-2-5-15(11-18)20-14-28-22(25-20)17-7-4-10-23-13-17/h2-14H,1H3,(H,24,26). The van der Waals surface area contributed by atoms with Gasteiger partial charge in [0.25, 0.3) is 5.91 Å². The lowest BCUT2D eigenvalue weighted by Gasteiger charge is -2.08. The van der Waals surface area contributed by atoms with Gasteiger partial charge in [-0.2, -0.15) is 0 Å². The van der Waals surface area contributed by atoms with Crippen molar-refractivity contribution in [2.45, 2.75) is 0 Å². The lowest BCUT2D eigenvalue weighted by Crippen LogP contribution is -2.11. The lowest BCUT2D eigenvalue weighted by molar-refractivity contribution is 0.102. The maximum atomic E-state index is 12.5. The van der Waals surface area contributed by atoms with Crippen LogP contribution in [0.3, 0.4) is 0 Å². The van der Waals surface area contributed by atoms with Gasteiger partial charge in [0.15, 0.2) is 0 Å². The minimum atomic E-state index is -0.189. The summed E-state index contributed by atoms with van der Waals surface area (Å²) in [5.41, 5.74) is 4.04. The predicted octanol–water partition coefficient (Wildman–Crippen LogP) is 5.13. The number of ether oxygens (including phenoxy) is 1. The third-order valence-corrected chi connectivity index (χ3v) is 5.05. The quantitative estimate of drug-likeness (QED) is 0.515. The molecule has 6 heteroatoms. The van der Waals surface area contributed by atoms with Gasteiger partial charge in [0.2, 0.25) is 0 Å². The monoisotopic (exact) mass is 387 g/mol. The summed E-state index contributed by atoms with van der Waals surface area (Å²) in [6.07, 6.45) is 3.54. The highest BCUT2D eigenvalue weighted by Gasteiger charge is 2.10. The van der Waals surface area contributed by atoms with Crippen LogP contribution in [-0.2, 0) is 0 Å². The number of anilines is 1. The molecule has 0 bridgehead atoms. The molecule has 138 valence electrons. The summed E-state index contributed by atoms with van der Waals surface area (Å²) in [4.78, 5) is 21.4. The highest BCUT2D eigenvalue weighted by molar-refractivity contribution is 7.13. The summed E-state index contributed by atoms with van der Waals surface area (Å²) in [5.74, 6) is 0.456. The number of nitrogens with one attached hydrogen (secondary N) is 1. The molecule has 2 aromatic carbocycles. The summed E-state index contributed by atoms with van der Waals surface area (Å²) in [7, 11) is 1.58. The molecule has 2 aromatic heterocycles. The van der Waals surface area contributed by atoms with Crippen molar-refractivity contribution in [1.82, 2.24) is 9.97 Å². The summed E-state index contributed by atoms with van der Waals surface area (Å²) >= 11 is 1.57. The lowest BCUT2D eigenvalue weighted by atomic mass is 10.1. The summed E-state index contributed by atoms with van der Waals surface area (Å²) in [6, 6.07) is 18.6. The van der Waals surface area contributed by atoms with Crippen LogP contribution in [-0.4, -0.2) is 23.0 Å². The Morgan fingerprint density at radius 1 is 1.04 bits per heavy atom. The first-order chi connectivity index (χ1) is 13.7. The summed E-state index contributed by atoms with van der Waals surface area (Å²) in [6.45, 7) is 0. The number of rotatable bonds is 5. The molecule has 0 aliphatic heterocycles. The smallest absolute Gasteiger partial charge is 0.255 e. The third-order valence-electron chi connectivity index (χ3n) is 4.16. The van der Waals surface area contributed by atoms with E-state index in [1.165, 1.54) is 0 Å². The van der Waals surface area contributed by atoms with Crippen molar-refractivity contribution in [3.63, 3.8) is 0 Å². The second-order valence-corrected chi connectivity index (χ2v) is 6.90. The van der Waals surface area contributed by atoms with Gasteiger partial charge >= 0.3 is 0 Å². The Labute approximate surface area is 166 Å². The molecule has 0 aliphatic carbocycles. The van der Waals surface area contributed by atoms with E-state index in [0.29, 0.717) is 17.0 Å². The molecule has 1 N–H and O–H groups in total. The van der Waals surface area contributed by atoms with Gasteiger partial charge < -0.3 is 10.1 Å². The summed E-state index contributed by atoms with van der Waals surface area (Å²) in [5, 5.41) is 5.85. The number of carbonyl (C=O) groups is 1. The molecule has 0 unspecified atom stereocenters. The number of nitrogens with zero attached hydrogens (tertiary/aromatic N) is 2. The minimum absolute atomic E-state index is 0.189. The van der Waals surface area contributed by atoms with E-state index in [-0.39, 0.29) is 5.91 Å². The Morgan fingerprint density at radius 3 is 2.71 bits per heavy atom. The largest absolute Gasteiger partial charge is 0.497 e. The van der Waals surface area contributed by atoms with Crippen LogP contribution in [0, 0.1) is 0 Å². The fraction of sp³-hybridized carbons (Fsp3) is 0.0455. The highest BCUT2D eigenvalue weighted by atomic mass is 32.1. The molecular formula is C22H17N3O2S. The maximum Gasteiger partial charge on any atom is 0.255 e. The maximum absolute atomic E-state index is 12.5. The van der Waals surface area contributed by atoms with E-state index >= 15 is 0 Å². The number of amides is 1. The molecule has 1 amide bonds. The Balaban J connectivity index is 1.55. The third kappa shape index (κ3) is 3.92. The zero-order chi connectivity index (χ0) is 19.3. The number of thiazole rings is 1. The average molecular weight is 387 g/mol. The van der Waals surface area contributed by atoms with Crippen molar-refractivity contribution in [3.8, 4) is 27.6 Å². The van der Waals surface area contributed by atoms with Crippen molar-refractivity contribution in [3.05, 3.63) is 84.0 Å². The van der Waals surface area contributed by atoms with Crippen molar-refractivity contribution >= 4 is 22.9 Å². The molecule has 0 saturated carbocycles. The van der Waals surface area contributed by atoms with Crippen LogP contribution in [0.15, 0.2) is 78.4 Å². The molecule has 28 heavy (non-hydrogen) atoms. The van der Waals surface area contributed by atoms with Crippen LogP contribution < -0.4 is 10.1 Å². The fourth-order valence-corrected chi connectivity index (χ4v) is 3.57. The predicted molar refractivity (Wildman–Crippen MR) is 112 cm³/mol. The molecule has 0 fully saturated rings. The molecule has 4 aromatic rings. The molecule has 5 nitrogen and oxygen atoms in total. The molecular weight excluding hydrogens is 370 g/mol. The van der Waals surface area contributed by atoms with Gasteiger partial charge in [-0.1, -0.05) is 18.2 Å². The zero-order valence-electron chi connectivity index (χ0n) is 15.1. The number of pyridine rings is 1. The first kappa shape index (κ1) is 17.9. The Morgan fingerprint density at radius 2 is 1.89 bits per heavy atom. The van der Waals surface area contributed by atoms with Crippen molar-refractivity contribution in [1.29, 1.82) is 0 Å². The number of benzene rings is 2. The number of hydrogen-bond acceptors (Lipinski definition) is 5. The summed E-state index contributed by atoms with van der Waals surface area (Å²) < 4.78 is 5.18. The van der Waals surface area contributed by atoms with Gasteiger partial charge in [-0.3, -0.25) is 9.78 Å². The van der Waals surface area contributed by atoms with E-state index in [2.05, 4.69) is 10.3 Å². The second kappa shape index (κ2) is 8.02. The van der Waals surface area contributed by atoms with Crippen LogP contribution in [0.5, 0.6) is 5.75 Å². The number of carbonyl (C=O) groups excluding carboxylic acids is 1. The SMILES string of the molecule is COc1cccc(C(=O)Nc2cccc(-c3csc(-c4cccnc4)n3)c2)c1. The first-order valence-electron chi connectivity index (χ1n) is 8.65. The van der Waals surface area contributed by atoms with E-state index in [9.17, 15) is 4.79 Å². The van der Waals surface area contributed by atoms with E-state index in [1.54, 1.807) is 55.1 Å². The van der Waals surface area contributed by atoms with Crippen LogP contribution in [0.25, 0.3) is 21.8 Å². The second-order valence-electron chi connectivity index (χ2n) is 6.05. The molecule has 0 spiro atoms. The van der Waals surface area contributed by atoms with Crippen molar-refractivity contribution < 1.29 is 9.53 Å². The Kier molecular flexibility index (Phi) is 5.12. The van der Waals surface area contributed by atoms with E-state index in [0.717, 1.165) is 21.8 Å². The molecule has 0 atom stereocenters. The van der Waals surface area contributed by atoms with Gasteiger partial charge in [0, 0.05) is 40.2 Å². The molecule has 0 aliphatic rings. The number of methoxy groups -OCH3 is 1. The Hall–Kier alpha value is -3.51. The topological polar surface area (TPSA) is 64.1 Å². The molecule has 2 heterocycles. The van der Waals surface area contributed by atoms with Crippen molar-refractivity contribution in [2.24, 2.45) is 0 Å². The minimum Gasteiger partial charge on any atom is -0.497 e. The first-order valence-corrected chi connectivity index (χ1v) is 9.53. The normalized spacial score (nSPS) is 10.5. The van der Waals surface area contributed by atoms with E-state index in [1.807, 2.05) is 41.8 Å². The van der Waals surface area contributed by atoms with Gasteiger partial charge in [0.1, 0.15) is 10.8 Å². The molecule has 0 saturated heterocycles. The average Bonchev–Trinajstić information content (AvgIpc) is 3.25. The van der Waals surface area contributed by atoms with E-state index in [4.69, 9.17) is 9.72 Å². The van der Waals surface area contributed by atoms with Crippen LogP contribution in [0.1, 0.15) is 10.4 Å². The highest BCUT2D eigenvalue weighted by Crippen LogP contribution is 2.29. The Bertz CT molecular complexity index is 1110. The van der Waals surface area contributed by atoms with E-state index < -0.39 is 0 Å². The fourth-order valence-electron chi connectivity index (χ4n) is 2.75. The van der Waals surface area contributed by atoms with Crippen LogP contribution in [0.4, 0.5) is 5.69 Å². The van der Waals surface area contributed by atoms with Gasteiger partial charge in [-0.15, -0.1) is 11.3 Å². The molecule has 4 rings (SSSR count). The number of hydrogen-bond donors (Lipinski definition) is 1. The van der Waals surface area contributed by atoms with Gasteiger partial charge in [-0.05, 0) is 42.5 Å². The van der Waals surface area contributed by atoms with Crippen molar-refractivity contribution in [2.75, 3.05) is 12.4 Å².